The first kappa shape index (κ1) is 14.5. The number of halogens is 1. The van der Waals surface area contributed by atoms with Crippen LogP contribution in [0.4, 0.5) is 10.1 Å². The molecule has 0 saturated heterocycles. The number of benzene rings is 3. The normalized spacial score (nSPS) is 25.2. The lowest BCUT2D eigenvalue weighted by Crippen LogP contribution is -2.29. The number of aryl methyl sites for hydroxylation is 2. The van der Waals surface area contributed by atoms with Gasteiger partial charge >= 0.3 is 0 Å². The van der Waals surface area contributed by atoms with E-state index in [4.69, 9.17) is 0 Å². The van der Waals surface area contributed by atoms with Crippen LogP contribution in [0.25, 0.3) is 10.8 Å². The van der Waals surface area contributed by atoms with Crippen LogP contribution >= 0.6 is 0 Å². The quantitative estimate of drug-likeness (QED) is 0.543. The Morgan fingerprint density at radius 1 is 0.885 bits per heavy atom. The van der Waals surface area contributed by atoms with Crippen molar-refractivity contribution in [1.29, 1.82) is 0 Å². The highest BCUT2D eigenvalue weighted by molar-refractivity contribution is 5.94. The standard InChI is InChI=1S/C24H20FN/c25-21-9-3-8-19-16-5-2-7-18(16)23(26-24(19)21)20-13-12-15-11-10-14-4-1-6-17(20)22(14)15/h1-6,8-9,12-13,16,18,23,26H,7,10-11H2/t16-,18+,23-/m1/s1. The number of allylic oxidation sites excluding steroid dienone is 2. The summed E-state index contributed by atoms with van der Waals surface area (Å²) in [4.78, 5) is 0. The minimum absolute atomic E-state index is 0.141. The average Bonchev–Trinajstić information content (AvgIpc) is 3.31. The molecule has 0 amide bonds. The molecule has 0 spiro atoms. The van der Waals surface area contributed by atoms with Crippen molar-refractivity contribution in [3.05, 3.63) is 88.8 Å². The van der Waals surface area contributed by atoms with E-state index in [1.807, 2.05) is 6.07 Å². The van der Waals surface area contributed by atoms with Gasteiger partial charge in [-0.2, -0.15) is 0 Å². The van der Waals surface area contributed by atoms with Gasteiger partial charge < -0.3 is 5.32 Å². The van der Waals surface area contributed by atoms with E-state index >= 15 is 0 Å². The highest BCUT2D eigenvalue weighted by Gasteiger charge is 2.39. The second-order valence-electron chi connectivity index (χ2n) is 7.83. The summed E-state index contributed by atoms with van der Waals surface area (Å²) in [6.45, 7) is 0. The predicted octanol–water partition coefficient (Wildman–Crippen LogP) is 5.90. The van der Waals surface area contributed by atoms with Gasteiger partial charge in [-0.3, -0.25) is 0 Å². The van der Waals surface area contributed by atoms with Gasteiger partial charge in [-0.25, -0.2) is 4.39 Å². The average molecular weight is 341 g/mol. The Kier molecular flexibility index (Phi) is 2.91. The fourth-order valence-electron chi connectivity index (χ4n) is 5.43. The van der Waals surface area contributed by atoms with Crippen LogP contribution in [0.15, 0.2) is 60.7 Å². The largest absolute Gasteiger partial charge is 0.375 e. The second kappa shape index (κ2) is 5.20. The number of rotatable bonds is 1. The molecule has 1 nitrogen and oxygen atoms in total. The summed E-state index contributed by atoms with van der Waals surface area (Å²) in [6, 6.07) is 16.9. The lowest BCUT2D eigenvalue weighted by molar-refractivity contribution is 0.422. The Labute approximate surface area is 152 Å². The molecule has 1 heterocycles. The van der Waals surface area contributed by atoms with Crippen molar-refractivity contribution in [2.45, 2.75) is 31.2 Å². The van der Waals surface area contributed by atoms with Gasteiger partial charge in [-0.15, -0.1) is 0 Å². The molecule has 1 N–H and O–H groups in total. The van der Waals surface area contributed by atoms with Crippen molar-refractivity contribution in [3.63, 3.8) is 0 Å². The molecule has 2 aliphatic carbocycles. The molecule has 3 aromatic rings. The van der Waals surface area contributed by atoms with Crippen molar-refractivity contribution in [2.75, 3.05) is 5.32 Å². The third kappa shape index (κ3) is 1.85. The van der Waals surface area contributed by atoms with Crippen LogP contribution in [-0.4, -0.2) is 0 Å². The summed E-state index contributed by atoms with van der Waals surface area (Å²) in [5, 5.41) is 6.38. The van der Waals surface area contributed by atoms with Crippen molar-refractivity contribution < 1.29 is 4.39 Å². The molecule has 3 atom stereocenters. The van der Waals surface area contributed by atoms with Gasteiger partial charge in [-0.1, -0.05) is 54.6 Å². The van der Waals surface area contributed by atoms with Crippen LogP contribution < -0.4 is 5.32 Å². The van der Waals surface area contributed by atoms with Crippen molar-refractivity contribution >= 4 is 16.5 Å². The van der Waals surface area contributed by atoms with Gasteiger partial charge in [0.25, 0.3) is 0 Å². The molecule has 3 aromatic carbocycles. The van der Waals surface area contributed by atoms with Crippen molar-refractivity contribution in [1.82, 2.24) is 0 Å². The minimum Gasteiger partial charge on any atom is -0.375 e. The summed E-state index contributed by atoms with van der Waals surface area (Å²) >= 11 is 0. The summed E-state index contributed by atoms with van der Waals surface area (Å²) in [5.41, 5.74) is 6.03. The lowest BCUT2D eigenvalue weighted by atomic mass is 9.76. The summed E-state index contributed by atoms with van der Waals surface area (Å²) in [6.07, 6.45) is 7.86. The van der Waals surface area contributed by atoms with Gasteiger partial charge in [0.15, 0.2) is 0 Å². The van der Waals surface area contributed by atoms with E-state index in [0.29, 0.717) is 17.5 Å². The smallest absolute Gasteiger partial charge is 0.146 e. The second-order valence-corrected chi connectivity index (χ2v) is 7.83. The molecule has 3 aliphatic rings. The Balaban J connectivity index is 1.57. The summed E-state index contributed by atoms with van der Waals surface area (Å²) < 4.78 is 14.6. The summed E-state index contributed by atoms with van der Waals surface area (Å²) in [5.74, 6) is 0.606. The SMILES string of the molecule is Fc1cccc2c1N[C@@H](c1ccc3c4c(cccc14)CC3)[C@H]1CC=C[C@@H]21. The van der Waals surface area contributed by atoms with Gasteiger partial charge in [0.1, 0.15) is 5.82 Å². The molecule has 0 fully saturated rings. The third-order valence-electron chi connectivity index (χ3n) is 6.59. The first-order chi connectivity index (χ1) is 12.8. The number of anilines is 1. The van der Waals surface area contributed by atoms with Gasteiger partial charge in [0.2, 0.25) is 0 Å². The molecule has 26 heavy (non-hydrogen) atoms. The van der Waals surface area contributed by atoms with Crippen molar-refractivity contribution in [3.8, 4) is 0 Å². The monoisotopic (exact) mass is 341 g/mol. The van der Waals surface area contributed by atoms with Crippen molar-refractivity contribution in [2.24, 2.45) is 5.92 Å². The number of para-hydroxylation sites is 1. The Hall–Kier alpha value is -2.61. The Morgan fingerprint density at radius 2 is 1.73 bits per heavy atom. The van der Waals surface area contributed by atoms with Crippen LogP contribution in [-0.2, 0) is 12.8 Å². The van der Waals surface area contributed by atoms with Gasteiger partial charge in [0.05, 0.1) is 11.7 Å². The molecule has 0 unspecified atom stereocenters. The van der Waals surface area contributed by atoms with E-state index in [0.717, 1.165) is 24.8 Å². The first-order valence-corrected chi connectivity index (χ1v) is 9.56. The van der Waals surface area contributed by atoms with E-state index < -0.39 is 0 Å². The topological polar surface area (TPSA) is 12.0 Å². The van der Waals surface area contributed by atoms with Crippen LogP contribution in [0.2, 0.25) is 0 Å². The maximum Gasteiger partial charge on any atom is 0.146 e. The van der Waals surface area contributed by atoms with E-state index in [2.05, 4.69) is 53.9 Å². The molecule has 6 rings (SSSR count). The Bertz CT molecular complexity index is 1070. The molecule has 1 aliphatic heterocycles. The predicted molar refractivity (Wildman–Crippen MR) is 104 cm³/mol. The first-order valence-electron chi connectivity index (χ1n) is 9.56. The van der Waals surface area contributed by atoms with E-state index in [1.54, 1.807) is 6.07 Å². The lowest BCUT2D eigenvalue weighted by Gasteiger charge is -2.38. The van der Waals surface area contributed by atoms with E-state index in [-0.39, 0.29) is 11.9 Å². The molecular weight excluding hydrogens is 321 g/mol. The number of hydrogen-bond acceptors (Lipinski definition) is 1. The Morgan fingerprint density at radius 3 is 2.65 bits per heavy atom. The zero-order chi connectivity index (χ0) is 17.3. The number of hydrogen-bond donors (Lipinski definition) is 1. The molecule has 0 saturated carbocycles. The zero-order valence-corrected chi connectivity index (χ0v) is 14.5. The molecule has 0 bridgehead atoms. The minimum atomic E-state index is -0.141. The van der Waals surface area contributed by atoms with E-state index in [1.165, 1.54) is 27.5 Å². The van der Waals surface area contributed by atoms with Crippen LogP contribution in [0.5, 0.6) is 0 Å². The highest BCUT2D eigenvalue weighted by Crippen LogP contribution is 2.51. The van der Waals surface area contributed by atoms with Gasteiger partial charge in [0, 0.05) is 5.92 Å². The fourth-order valence-corrected chi connectivity index (χ4v) is 5.43. The van der Waals surface area contributed by atoms with Crippen LogP contribution in [0, 0.1) is 11.7 Å². The third-order valence-corrected chi connectivity index (χ3v) is 6.59. The highest BCUT2D eigenvalue weighted by atomic mass is 19.1. The molecule has 0 radical (unpaired) electrons. The van der Waals surface area contributed by atoms with Gasteiger partial charge in [-0.05, 0) is 64.3 Å². The molecule has 128 valence electrons. The molecule has 0 aromatic heterocycles. The number of nitrogens with one attached hydrogen (secondary N) is 1. The molecule has 2 heteroatoms. The fraction of sp³-hybridized carbons (Fsp3) is 0.250. The molecular formula is C24H20FN. The van der Waals surface area contributed by atoms with Crippen LogP contribution in [0.3, 0.4) is 0 Å². The maximum absolute atomic E-state index is 14.6. The number of fused-ring (bicyclic) bond motifs is 3. The summed E-state index contributed by atoms with van der Waals surface area (Å²) in [7, 11) is 0. The van der Waals surface area contributed by atoms with Crippen LogP contribution in [0.1, 0.15) is 40.6 Å². The van der Waals surface area contributed by atoms with E-state index in [9.17, 15) is 4.39 Å². The zero-order valence-electron chi connectivity index (χ0n) is 14.5. The maximum atomic E-state index is 14.6.